The number of aliphatic imine (C=N–C) groups is 2. The Bertz CT molecular complexity index is 1120. The summed E-state index contributed by atoms with van der Waals surface area (Å²) in [6.07, 6.45) is 5.12. The molecule has 2 aliphatic rings. The van der Waals surface area contributed by atoms with Crippen molar-refractivity contribution in [2.45, 2.75) is 19.1 Å². The molecule has 184 valence electrons. The molecule has 0 aromatic heterocycles. The Morgan fingerprint density at radius 3 is 2.63 bits per heavy atom. The van der Waals surface area contributed by atoms with Gasteiger partial charge in [0.05, 0.1) is 5.71 Å². The van der Waals surface area contributed by atoms with Crippen molar-refractivity contribution in [1.82, 2.24) is 4.90 Å². The van der Waals surface area contributed by atoms with Gasteiger partial charge in [-0.1, -0.05) is 19.1 Å². The number of hydrogen-bond donors (Lipinski definition) is 2. The third-order valence-corrected chi connectivity index (χ3v) is 7.24. The van der Waals surface area contributed by atoms with Gasteiger partial charge in [-0.15, -0.1) is 11.8 Å². The van der Waals surface area contributed by atoms with E-state index in [1.54, 1.807) is 24.2 Å². The first-order valence-electron chi connectivity index (χ1n) is 11.9. The van der Waals surface area contributed by atoms with Crippen molar-refractivity contribution >= 4 is 41.3 Å². The van der Waals surface area contributed by atoms with Crippen LogP contribution in [0.25, 0.3) is 6.08 Å². The second-order valence-electron chi connectivity index (χ2n) is 8.50. The van der Waals surface area contributed by atoms with Crippen LogP contribution in [0.2, 0.25) is 0 Å². The average Bonchev–Trinajstić information content (AvgIpc) is 3.24. The molecule has 4 rings (SSSR count). The minimum atomic E-state index is -0.386. The molecule has 0 saturated carbocycles. The number of nitrogens with one attached hydrogen (secondary N) is 1. The predicted octanol–water partition coefficient (Wildman–Crippen LogP) is 5.24. The Balaban J connectivity index is 1.29. The number of phenolic OH excluding ortho intramolecular Hbond substituents is 1. The molecular formula is C27H32FN5OS. The number of likely N-dealkylation sites (N-methyl/N-ethyl adjacent to an activating group) is 1. The zero-order valence-electron chi connectivity index (χ0n) is 20.2. The van der Waals surface area contributed by atoms with Crippen LogP contribution in [0.15, 0.2) is 69.5 Å². The lowest BCUT2D eigenvalue weighted by molar-refractivity contribution is 0.271. The number of allylic oxidation sites excluding steroid dienone is 2. The predicted molar refractivity (Wildman–Crippen MR) is 147 cm³/mol. The number of nitrogens with zero attached hydrogens (tertiary/aromatic N) is 4. The van der Waals surface area contributed by atoms with Crippen molar-refractivity contribution in [3.63, 3.8) is 0 Å². The number of piperazine rings is 1. The molecule has 0 spiro atoms. The fourth-order valence-corrected chi connectivity index (χ4v) is 4.95. The Morgan fingerprint density at radius 2 is 1.89 bits per heavy atom. The van der Waals surface area contributed by atoms with Crippen LogP contribution in [0.4, 0.5) is 15.8 Å². The maximum absolute atomic E-state index is 13.5. The second kappa shape index (κ2) is 12.0. The number of rotatable bonds is 8. The van der Waals surface area contributed by atoms with Crippen molar-refractivity contribution < 1.29 is 9.50 Å². The number of thioether (sulfide) groups is 1. The molecule has 8 heteroatoms. The van der Waals surface area contributed by atoms with Crippen LogP contribution >= 0.6 is 11.8 Å². The van der Waals surface area contributed by atoms with E-state index in [4.69, 9.17) is 0 Å². The van der Waals surface area contributed by atoms with Crippen molar-refractivity contribution in [2.75, 3.05) is 49.6 Å². The third-order valence-electron chi connectivity index (χ3n) is 6.22. The van der Waals surface area contributed by atoms with Gasteiger partial charge < -0.3 is 20.2 Å². The van der Waals surface area contributed by atoms with Crippen LogP contribution in [0.1, 0.15) is 19.4 Å². The van der Waals surface area contributed by atoms with Gasteiger partial charge in [-0.25, -0.2) is 9.38 Å². The average molecular weight is 494 g/mol. The van der Waals surface area contributed by atoms with E-state index in [2.05, 4.69) is 63.2 Å². The van der Waals surface area contributed by atoms with Crippen LogP contribution < -0.4 is 10.2 Å². The normalized spacial score (nSPS) is 20.3. The summed E-state index contributed by atoms with van der Waals surface area (Å²) >= 11 is 1.67. The van der Waals surface area contributed by atoms with Crippen LogP contribution in [0.5, 0.6) is 5.75 Å². The summed E-state index contributed by atoms with van der Waals surface area (Å²) in [4.78, 5) is 13.8. The van der Waals surface area contributed by atoms with Gasteiger partial charge in [0.1, 0.15) is 24.6 Å². The quantitative estimate of drug-likeness (QED) is 0.389. The second-order valence-corrected chi connectivity index (χ2v) is 9.72. The molecule has 2 heterocycles. The van der Waals surface area contributed by atoms with Crippen LogP contribution in [0, 0.1) is 5.82 Å². The van der Waals surface area contributed by atoms with Crippen LogP contribution in [0.3, 0.4) is 0 Å². The molecule has 1 saturated heterocycles. The lowest BCUT2D eigenvalue weighted by atomic mass is 10.1. The SMILES string of the molecule is CCN1CCN(c2ccc(NC/N=C\N=C3\C(/C=C/c4cc(F)ccc4O)=CSC3C)cc2)CC1. The highest BCUT2D eigenvalue weighted by Crippen LogP contribution is 2.29. The molecule has 0 bridgehead atoms. The first-order valence-corrected chi connectivity index (χ1v) is 12.9. The number of aromatic hydroxyl groups is 1. The number of halogens is 1. The highest BCUT2D eigenvalue weighted by atomic mass is 32.2. The summed E-state index contributed by atoms with van der Waals surface area (Å²) in [6.45, 7) is 10.2. The summed E-state index contributed by atoms with van der Waals surface area (Å²) < 4.78 is 13.5. The number of anilines is 2. The van der Waals surface area contributed by atoms with E-state index in [0.29, 0.717) is 12.2 Å². The molecule has 35 heavy (non-hydrogen) atoms. The lowest BCUT2D eigenvalue weighted by Gasteiger charge is -2.35. The largest absolute Gasteiger partial charge is 0.507 e. The highest BCUT2D eigenvalue weighted by molar-refractivity contribution is 8.04. The highest BCUT2D eigenvalue weighted by Gasteiger charge is 2.20. The van der Waals surface area contributed by atoms with Crippen molar-refractivity contribution in [3.05, 3.63) is 70.9 Å². The maximum atomic E-state index is 13.5. The van der Waals surface area contributed by atoms with E-state index < -0.39 is 0 Å². The fraction of sp³-hybridized carbons (Fsp3) is 0.333. The van der Waals surface area contributed by atoms with Crippen molar-refractivity contribution in [2.24, 2.45) is 9.98 Å². The first kappa shape index (κ1) is 25.0. The zero-order valence-corrected chi connectivity index (χ0v) is 21.0. The number of hydrogen-bond acceptors (Lipinski definition) is 6. The van der Waals surface area contributed by atoms with E-state index >= 15 is 0 Å². The van der Waals surface area contributed by atoms with Gasteiger partial charge in [0.25, 0.3) is 0 Å². The monoisotopic (exact) mass is 493 g/mol. The Labute approximate surface area is 211 Å². The van der Waals surface area contributed by atoms with Gasteiger partial charge in [0, 0.05) is 53.9 Å². The van der Waals surface area contributed by atoms with Crippen molar-refractivity contribution in [3.8, 4) is 5.75 Å². The zero-order chi connectivity index (χ0) is 24.6. The van der Waals surface area contributed by atoms with E-state index in [9.17, 15) is 9.50 Å². The molecule has 0 radical (unpaired) electrons. The lowest BCUT2D eigenvalue weighted by Crippen LogP contribution is -2.46. The van der Waals surface area contributed by atoms with Gasteiger partial charge in [0.2, 0.25) is 0 Å². The molecule has 2 N–H and O–H groups in total. The summed E-state index contributed by atoms with van der Waals surface area (Å²) in [7, 11) is 0. The number of benzene rings is 2. The first-order chi connectivity index (χ1) is 17.0. The van der Waals surface area contributed by atoms with E-state index in [1.807, 2.05) is 11.5 Å². The minimum Gasteiger partial charge on any atom is -0.507 e. The maximum Gasteiger partial charge on any atom is 0.124 e. The van der Waals surface area contributed by atoms with E-state index in [-0.39, 0.29) is 16.8 Å². The Morgan fingerprint density at radius 1 is 1.11 bits per heavy atom. The molecule has 0 amide bonds. The topological polar surface area (TPSA) is 63.5 Å². The summed E-state index contributed by atoms with van der Waals surface area (Å²) in [6, 6.07) is 12.4. The summed E-state index contributed by atoms with van der Waals surface area (Å²) in [5.74, 6) is -0.344. The van der Waals surface area contributed by atoms with E-state index in [0.717, 1.165) is 49.7 Å². The van der Waals surface area contributed by atoms with Gasteiger partial charge >= 0.3 is 0 Å². The third kappa shape index (κ3) is 6.74. The van der Waals surface area contributed by atoms with Crippen LogP contribution in [-0.4, -0.2) is 66.7 Å². The molecule has 2 aliphatic heterocycles. The Hall–Kier alpha value is -3.10. The minimum absolute atomic E-state index is 0.0418. The van der Waals surface area contributed by atoms with Gasteiger partial charge in [-0.2, -0.15) is 0 Å². The smallest absolute Gasteiger partial charge is 0.124 e. The number of phenols is 1. The van der Waals surface area contributed by atoms with Gasteiger partial charge in [-0.3, -0.25) is 4.99 Å². The molecule has 1 unspecified atom stereocenters. The van der Waals surface area contributed by atoms with Crippen LogP contribution in [-0.2, 0) is 0 Å². The van der Waals surface area contributed by atoms with Crippen molar-refractivity contribution in [1.29, 1.82) is 0 Å². The van der Waals surface area contributed by atoms with Gasteiger partial charge in [0.15, 0.2) is 0 Å². The van der Waals surface area contributed by atoms with E-state index in [1.165, 1.54) is 23.9 Å². The standard InChI is InChI=1S/C27H32FN5OS/c1-3-32-12-14-33(15-13-32)25-9-7-24(8-10-25)30-18-29-19-31-27-20(2)35-17-22(27)5-4-21-16-23(28)6-11-26(21)34/h4-11,16-17,19-20,30,34H,3,12-15,18H2,1-2H3/b5-4+,29-19-,31-27+. The molecule has 6 nitrogen and oxygen atoms in total. The molecule has 2 aromatic carbocycles. The summed E-state index contributed by atoms with van der Waals surface area (Å²) in [5.41, 5.74) is 4.54. The molecule has 1 fully saturated rings. The molecule has 0 aliphatic carbocycles. The molecular weight excluding hydrogens is 461 g/mol. The Kier molecular flexibility index (Phi) is 8.60. The molecule has 1 atom stereocenters. The summed E-state index contributed by atoms with van der Waals surface area (Å²) in [5, 5.41) is 15.4. The molecule has 2 aromatic rings. The van der Waals surface area contributed by atoms with Gasteiger partial charge in [-0.05, 0) is 61.3 Å². The fourth-order valence-electron chi connectivity index (χ4n) is 4.07.